The van der Waals surface area contributed by atoms with Crippen LogP contribution in [0.25, 0.3) is 0 Å². The number of ether oxygens (including phenoxy) is 2. The van der Waals surface area contributed by atoms with E-state index in [-0.39, 0.29) is 0 Å². The summed E-state index contributed by atoms with van der Waals surface area (Å²) in [5.74, 6) is 0.526. The molecule has 0 bridgehead atoms. The van der Waals surface area contributed by atoms with Gasteiger partial charge in [-0.05, 0) is 12.3 Å². The van der Waals surface area contributed by atoms with Crippen LogP contribution in [0, 0.1) is 5.92 Å². The maximum absolute atomic E-state index is 9.98. The van der Waals surface area contributed by atoms with Crippen LogP contribution in [0.1, 0.15) is 110 Å². The highest BCUT2D eigenvalue weighted by Gasteiger charge is 2.43. The monoisotopic (exact) mass is 446 g/mol. The average Bonchev–Trinajstić information content (AvgIpc) is 2.77. The minimum atomic E-state index is -1.38. The highest BCUT2D eigenvalue weighted by atomic mass is 16.7. The van der Waals surface area contributed by atoms with E-state index in [1.165, 1.54) is 83.5 Å². The normalized spacial score (nSPS) is 27.5. The number of hydrogen-bond acceptors (Lipinski definition) is 6. The van der Waals surface area contributed by atoms with Gasteiger partial charge in [0.1, 0.15) is 24.4 Å². The Morgan fingerprint density at radius 2 is 1.23 bits per heavy atom. The SMILES string of the molecule is CCCCCCCCCCCCCCCC(C)CCOC1OC(CO)C(O)C(O)C1O. The summed E-state index contributed by atoms with van der Waals surface area (Å²) < 4.78 is 10.9. The Balaban J connectivity index is 1.94. The van der Waals surface area contributed by atoms with Crippen LogP contribution in [0.15, 0.2) is 0 Å². The summed E-state index contributed by atoms with van der Waals surface area (Å²) in [4.78, 5) is 0. The molecule has 1 aliphatic heterocycles. The summed E-state index contributed by atoms with van der Waals surface area (Å²) >= 11 is 0. The molecular formula is C25H50O6. The first-order valence-electron chi connectivity index (χ1n) is 12.9. The van der Waals surface area contributed by atoms with Crippen LogP contribution in [0.4, 0.5) is 0 Å². The quantitative estimate of drug-likeness (QED) is 0.221. The van der Waals surface area contributed by atoms with Crippen LogP contribution in [0.5, 0.6) is 0 Å². The van der Waals surface area contributed by atoms with Crippen molar-refractivity contribution in [1.82, 2.24) is 0 Å². The molecule has 1 fully saturated rings. The third-order valence-corrected chi connectivity index (χ3v) is 6.54. The Bertz CT molecular complexity index is 405. The average molecular weight is 447 g/mol. The molecule has 0 saturated carbocycles. The van der Waals surface area contributed by atoms with E-state index in [1.54, 1.807) is 0 Å². The largest absolute Gasteiger partial charge is 0.394 e. The van der Waals surface area contributed by atoms with Crippen molar-refractivity contribution in [2.75, 3.05) is 13.2 Å². The third kappa shape index (κ3) is 12.5. The summed E-state index contributed by atoms with van der Waals surface area (Å²) in [7, 11) is 0. The number of hydrogen-bond donors (Lipinski definition) is 4. The zero-order valence-electron chi connectivity index (χ0n) is 20.1. The van der Waals surface area contributed by atoms with E-state index in [1.807, 2.05) is 0 Å². The molecule has 0 radical (unpaired) electrons. The molecule has 0 aromatic heterocycles. The summed E-state index contributed by atoms with van der Waals surface area (Å²) in [6.07, 6.45) is 13.8. The molecule has 0 spiro atoms. The zero-order valence-corrected chi connectivity index (χ0v) is 20.1. The summed E-state index contributed by atoms with van der Waals surface area (Å²) in [6.45, 7) is 4.46. The Morgan fingerprint density at radius 1 is 0.710 bits per heavy atom. The number of aliphatic hydroxyl groups excluding tert-OH is 4. The molecule has 1 saturated heterocycles. The van der Waals surface area contributed by atoms with E-state index in [0.717, 1.165) is 12.8 Å². The maximum Gasteiger partial charge on any atom is 0.186 e. The van der Waals surface area contributed by atoms with Crippen LogP contribution >= 0.6 is 0 Å². The maximum atomic E-state index is 9.98. The van der Waals surface area contributed by atoms with Gasteiger partial charge in [0.15, 0.2) is 6.29 Å². The van der Waals surface area contributed by atoms with Crippen LogP contribution in [-0.2, 0) is 9.47 Å². The van der Waals surface area contributed by atoms with Crippen molar-refractivity contribution >= 4 is 0 Å². The highest BCUT2D eigenvalue weighted by molar-refractivity contribution is 4.88. The molecule has 1 heterocycles. The predicted molar refractivity (Wildman–Crippen MR) is 124 cm³/mol. The van der Waals surface area contributed by atoms with Gasteiger partial charge in [-0.2, -0.15) is 0 Å². The van der Waals surface area contributed by atoms with Crippen molar-refractivity contribution in [2.45, 2.75) is 141 Å². The standard InChI is InChI=1S/C25H50O6/c1-3-4-5-6-7-8-9-10-11-12-13-14-15-16-20(2)17-18-30-25-24(29)23(28)22(27)21(19-26)31-25/h20-29H,3-19H2,1-2H3. The molecule has 1 rings (SSSR count). The van der Waals surface area contributed by atoms with Crippen molar-refractivity contribution in [3.8, 4) is 0 Å². The second kappa shape index (κ2) is 18.2. The summed E-state index contributed by atoms with van der Waals surface area (Å²) in [5, 5.41) is 38.8. The van der Waals surface area contributed by atoms with Gasteiger partial charge < -0.3 is 29.9 Å². The lowest BCUT2D eigenvalue weighted by Crippen LogP contribution is -2.59. The first-order chi connectivity index (χ1) is 15.0. The van der Waals surface area contributed by atoms with E-state index < -0.39 is 37.3 Å². The van der Waals surface area contributed by atoms with Gasteiger partial charge in [-0.1, -0.05) is 104 Å². The van der Waals surface area contributed by atoms with E-state index >= 15 is 0 Å². The van der Waals surface area contributed by atoms with Gasteiger partial charge in [0, 0.05) is 0 Å². The van der Waals surface area contributed by atoms with Crippen molar-refractivity contribution < 1.29 is 29.9 Å². The lowest BCUT2D eigenvalue weighted by atomic mass is 9.98. The van der Waals surface area contributed by atoms with E-state index in [2.05, 4.69) is 13.8 Å². The van der Waals surface area contributed by atoms with Gasteiger partial charge in [-0.25, -0.2) is 0 Å². The molecule has 6 unspecified atom stereocenters. The van der Waals surface area contributed by atoms with Gasteiger partial charge >= 0.3 is 0 Å². The molecule has 4 N–H and O–H groups in total. The lowest BCUT2D eigenvalue weighted by molar-refractivity contribution is -0.301. The lowest BCUT2D eigenvalue weighted by Gasteiger charge is -2.39. The van der Waals surface area contributed by atoms with Crippen molar-refractivity contribution in [1.29, 1.82) is 0 Å². The first kappa shape index (κ1) is 28.8. The first-order valence-corrected chi connectivity index (χ1v) is 12.9. The second-order valence-corrected chi connectivity index (χ2v) is 9.49. The van der Waals surface area contributed by atoms with Gasteiger partial charge in [-0.15, -0.1) is 0 Å². The molecule has 0 aromatic rings. The van der Waals surface area contributed by atoms with Crippen LogP contribution in [0.3, 0.4) is 0 Å². The van der Waals surface area contributed by atoms with E-state index in [0.29, 0.717) is 12.5 Å². The third-order valence-electron chi connectivity index (χ3n) is 6.54. The molecule has 0 aromatic carbocycles. The van der Waals surface area contributed by atoms with Crippen molar-refractivity contribution in [3.63, 3.8) is 0 Å². The van der Waals surface area contributed by atoms with E-state index in [4.69, 9.17) is 9.47 Å². The Hall–Kier alpha value is -0.240. The fourth-order valence-electron chi connectivity index (χ4n) is 4.25. The Morgan fingerprint density at radius 3 is 1.74 bits per heavy atom. The van der Waals surface area contributed by atoms with Crippen LogP contribution < -0.4 is 0 Å². The predicted octanol–water partition coefficient (Wildman–Crippen LogP) is 4.31. The van der Waals surface area contributed by atoms with Crippen LogP contribution in [-0.4, -0.2) is 64.3 Å². The highest BCUT2D eigenvalue weighted by Crippen LogP contribution is 2.23. The Kier molecular flexibility index (Phi) is 16.9. The van der Waals surface area contributed by atoms with Crippen molar-refractivity contribution in [3.05, 3.63) is 0 Å². The molecule has 186 valence electrons. The number of unbranched alkanes of at least 4 members (excludes halogenated alkanes) is 12. The number of rotatable bonds is 19. The zero-order chi connectivity index (χ0) is 22.9. The Labute approximate surface area is 190 Å². The van der Waals surface area contributed by atoms with Crippen molar-refractivity contribution in [2.24, 2.45) is 5.92 Å². The minimum absolute atomic E-state index is 0.419. The molecule has 6 nitrogen and oxygen atoms in total. The van der Waals surface area contributed by atoms with Gasteiger partial charge in [0.25, 0.3) is 0 Å². The number of aliphatic hydroxyl groups is 4. The molecular weight excluding hydrogens is 396 g/mol. The molecule has 0 amide bonds. The molecule has 31 heavy (non-hydrogen) atoms. The van der Waals surface area contributed by atoms with Crippen LogP contribution in [0.2, 0.25) is 0 Å². The summed E-state index contributed by atoms with van der Waals surface area (Å²) in [6, 6.07) is 0. The summed E-state index contributed by atoms with van der Waals surface area (Å²) in [5.41, 5.74) is 0. The molecule has 1 aliphatic rings. The fraction of sp³-hybridized carbons (Fsp3) is 1.00. The van der Waals surface area contributed by atoms with E-state index in [9.17, 15) is 20.4 Å². The van der Waals surface area contributed by atoms with Gasteiger partial charge in [0.05, 0.1) is 13.2 Å². The molecule has 6 heteroatoms. The molecule has 6 atom stereocenters. The molecule has 0 aliphatic carbocycles. The fourth-order valence-corrected chi connectivity index (χ4v) is 4.25. The van der Waals surface area contributed by atoms with Gasteiger partial charge in [0.2, 0.25) is 0 Å². The van der Waals surface area contributed by atoms with Gasteiger partial charge in [-0.3, -0.25) is 0 Å². The topological polar surface area (TPSA) is 99.4 Å². The smallest absolute Gasteiger partial charge is 0.186 e. The minimum Gasteiger partial charge on any atom is -0.394 e. The second-order valence-electron chi connectivity index (χ2n) is 9.49.